The van der Waals surface area contributed by atoms with Crippen LogP contribution in [-0.2, 0) is 30.1 Å². The maximum Gasteiger partial charge on any atom is 0.326 e. The van der Waals surface area contributed by atoms with Crippen LogP contribution >= 0.6 is 23.8 Å². The van der Waals surface area contributed by atoms with Crippen molar-refractivity contribution in [1.82, 2.24) is 5.32 Å². The van der Waals surface area contributed by atoms with E-state index in [1.807, 2.05) is 12.1 Å². The third-order valence-corrected chi connectivity index (χ3v) is 8.02. The molecule has 2 spiro atoms. The number of fused-ring (bicyclic) bond motifs is 5. The molecule has 0 radical (unpaired) electrons. The molecule has 3 aliphatic heterocycles. The first kappa shape index (κ1) is 26.5. The van der Waals surface area contributed by atoms with Crippen molar-refractivity contribution in [2.45, 2.75) is 37.3 Å². The van der Waals surface area contributed by atoms with Crippen LogP contribution in [0.15, 0.2) is 36.4 Å². The molecule has 5 rings (SSSR count). The summed E-state index contributed by atoms with van der Waals surface area (Å²) in [6.07, 6.45) is 0. The average Bonchev–Trinajstić information content (AvgIpc) is 3.33. The Hall–Kier alpha value is -4.06. The molecule has 1 saturated heterocycles. The van der Waals surface area contributed by atoms with E-state index in [4.69, 9.17) is 28.6 Å². The van der Waals surface area contributed by atoms with Crippen molar-refractivity contribution in [2.24, 2.45) is 5.41 Å². The van der Waals surface area contributed by atoms with Gasteiger partial charge in [-0.3, -0.25) is 19.3 Å². The van der Waals surface area contributed by atoms with Gasteiger partial charge in [-0.15, -0.1) is 0 Å². The minimum absolute atomic E-state index is 0.0168. The van der Waals surface area contributed by atoms with E-state index in [1.165, 1.54) is 36.2 Å². The number of thiocarbonyl (C=S) groups is 1. The molecule has 3 heterocycles. The molecule has 0 bridgehead atoms. The second-order valence-electron chi connectivity index (χ2n) is 10.6. The molecule has 0 saturated carbocycles. The molecule has 39 heavy (non-hydrogen) atoms. The number of benzene rings is 2. The number of ether oxygens (including phenoxy) is 1. The third kappa shape index (κ3) is 3.09. The quantitative estimate of drug-likeness (QED) is 0.434. The topological polar surface area (TPSA) is 127 Å². The Kier molecular flexibility index (Phi) is 5.59. The fourth-order valence-electron chi connectivity index (χ4n) is 6.02. The second kappa shape index (κ2) is 8.22. The summed E-state index contributed by atoms with van der Waals surface area (Å²) < 4.78 is 20.2. The molecule has 0 unspecified atom stereocenters. The number of esters is 1. The normalized spacial score (nSPS) is 24.5. The lowest BCUT2D eigenvalue weighted by atomic mass is 9.54. The van der Waals surface area contributed by atoms with Crippen LogP contribution in [0.3, 0.4) is 0 Å². The highest BCUT2D eigenvalue weighted by Crippen LogP contribution is 2.67. The van der Waals surface area contributed by atoms with Crippen LogP contribution in [0.25, 0.3) is 0 Å². The van der Waals surface area contributed by atoms with Crippen molar-refractivity contribution >= 4 is 58.0 Å². The molecule has 12 heteroatoms. The molecule has 2 amide bonds. The number of halogens is 2. The van der Waals surface area contributed by atoms with Crippen LogP contribution in [0.5, 0.6) is 0 Å². The molecule has 198 valence electrons. The van der Waals surface area contributed by atoms with Gasteiger partial charge in [-0.1, -0.05) is 23.8 Å². The first-order chi connectivity index (χ1) is 18.2. The maximum absolute atomic E-state index is 14.8. The van der Waals surface area contributed by atoms with E-state index < -0.39 is 52.1 Å². The summed E-state index contributed by atoms with van der Waals surface area (Å²) in [5, 5.41) is 24.1. The van der Waals surface area contributed by atoms with E-state index in [0.29, 0.717) is 0 Å². The molecule has 1 N–H and O–H groups in total. The van der Waals surface area contributed by atoms with Crippen LogP contribution in [0.2, 0.25) is 5.02 Å². The first-order valence-electron chi connectivity index (χ1n) is 11.8. The van der Waals surface area contributed by atoms with E-state index in [2.05, 4.69) is 5.32 Å². The number of nitrogens with zero attached hydrogens (tertiary/aromatic N) is 4. The molecule has 9 nitrogen and oxygen atoms in total. The Labute approximate surface area is 233 Å². The first-order valence-corrected chi connectivity index (χ1v) is 12.6. The zero-order valence-electron chi connectivity index (χ0n) is 21.3. The van der Waals surface area contributed by atoms with Gasteiger partial charge >= 0.3 is 5.97 Å². The minimum Gasteiger partial charge on any atom is -0.459 e. The fraction of sp³-hybridized carbons (Fsp3) is 0.333. The Bertz CT molecular complexity index is 1590. The molecule has 2 aromatic carbocycles. The number of amides is 2. The Morgan fingerprint density at radius 2 is 1.74 bits per heavy atom. The van der Waals surface area contributed by atoms with Gasteiger partial charge in [-0.2, -0.15) is 10.5 Å². The van der Waals surface area contributed by atoms with Crippen LogP contribution < -0.4 is 15.1 Å². The van der Waals surface area contributed by atoms with Gasteiger partial charge in [0.2, 0.25) is 11.3 Å². The number of likely N-dealkylation sites (N-methyl/N-ethyl adjacent to an activating group) is 1. The van der Waals surface area contributed by atoms with Gasteiger partial charge in [0.15, 0.2) is 11.0 Å². The molecule has 0 aliphatic carbocycles. The number of carbonyl (C=O) groups is 3. The van der Waals surface area contributed by atoms with Crippen LogP contribution in [0.4, 0.5) is 15.8 Å². The van der Waals surface area contributed by atoms with Crippen molar-refractivity contribution in [2.75, 3.05) is 23.4 Å². The smallest absolute Gasteiger partial charge is 0.326 e. The van der Waals surface area contributed by atoms with E-state index >= 15 is 0 Å². The van der Waals surface area contributed by atoms with E-state index in [9.17, 15) is 29.3 Å². The lowest BCUT2D eigenvalue weighted by Crippen LogP contribution is -2.65. The predicted molar refractivity (Wildman–Crippen MR) is 142 cm³/mol. The molecule has 0 aromatic heterocycles. The minimum atomic E-state index is -2.44. The van der Waals surface area contributed by atoms with Crippen molar-refractivity contribution in [3.05, 3.63) is 58.4 Å². The summed E-state index contributed by atoms with van der Waals surface area (Å²) in [5.74, 6) is -3.15. The maximum atomic E-state index is 14.8. The monoisotopic (exact) mass is 565 g/mol. The Balaban J connectivity index is 1.90. The molecular weight excluding hydrogens is 545 g/mol. The number of hydrogen-bond acceptors (Lipinski definition) is 7. The van der Waals surface area contributed by atoms with Crippen LogP contribution in [-0.4, -0.2) is 42.0 Å². The molecule has 3 aliphatic rings. The van der Waals surface area contributed by atoms with Gasteiger partial charge in [0.1, 0.15) is 23.0 Å². The number of rotatable bonds is 2. The van der Waals surface area contributed by atoms with E-state index in [-0.39, 0.29) is 32.5 Å². The van der Waals surface area contributed by atoms with Crippen molar-refractivity contribution in [3.8, 4) is 12.1 Å². The third-order valence-electron chi connectivity index (χ3n) is 7.38. The fourth-order valence-corrected chi connectivity index (χ4v) is 6.59. The van der Waals surface area contributed by atoms with Crippen LogP contribution in [0.1, 0.15) is 31.9 Å². The Morgan fingerprint density at radius 1 is 1.10 bits per heavy atom. The van der Waals surface area contributed by atoms with E-state index in [0.717, 1.165) is 17.0 Å². The predicted octanol–water partition coefficient (Wildman–Crippen LogP) is 3.24. The van der Waals surface area contributed by atoms with Crippen molar-refractivity contribution in [1.29, 1.82) is 10.5 Å². The summed E-state index contributed by atoms with van der Waals surface area (Å²) in [6, 6.07) is 11.7. The lowest BCUT2D eigenvalue weighted by Gasteiger charge is -2.41. The van der Waals surface area contributed by atoms with Gasteiger partial charge in [-0.05, 0) is 62.7 Å². The second-order valence-corrected chi connectivity index (χ2v) is 11.4. The highest BCUT2D eigenvalue weighted by atomic mass is 35.5. The number of nitriles is 2. The van der Waals surface area contributed by atoms with Crippen molar-refractivity contribution < 1.29 is 23.5 Å². The number of carbonyl (C=O) groups excluding carboxylic acids is 3. The number of anilines is 2. The largest absolute Gasteiger partial charge is 0.459 e. The van der Waals surface area contributed by atoms with Gasteiger partial charge < -0.3 is 15.0 Å². The van der Waals surface area contributed by atoms with Crippen molar-refractivity contribution in [3.63, 3.8) is 0 Å². The van der Waals surface area contributed by atoms with Crippen LogP contribution in [0, 0.1) is 33.9 Å². The van der Waals surface area contributed by atoms with Gasteiger partial charge in [0.05, 0.1) is 12.1 Å². The zero-order chi connectivity index (χ0) is 28.7. The molecular formula is C27H21ClFN5O4S. The summed E-state index contributed by atoms with van der Waals surface area (Å²) in [5.41, 5.74) is -7.47. The summed E-state index contributed by atoms with van der Waals surface area (Å²) in [4.78, 5) is 43.9. The molecule has 2 aromatic rings. The number of hydrogen-bond donors (Lipinski definition) is 1. The SMILES string of the molecule is CN1C(=O)[C@]2(NC(=S)C(C#N)(C#N)[C@]23C(=O)N(CC(=O)OC(C)(C)C)c2ccc(Cl)cc23)c2cc(F)ccc21. The highest BCUT2D eigenvalue weighted by molar-refractivity contribution is 7.80. The summed E-state index contributed by atoms with van der Waals surface area (Å²) >= 11 is 11.9. The average molecular weight is 566 g/mol. The highest BCUT2D eigenvalue weighted by Gasteiger charge is 2.84. The Morgan fingerprint density at radius 3 is 2.36 bits per heavy atom. The number of nitrogens with one attached hydrogen (secondary N) is 1. The van der Waals surface area contributed by atoms with Gasteiger partial charge in [0.25, 0.3) is 5.91 Å². The summed E-state index contributed by atoms with van der Waals surface area (Å²) in [7, 11) is 1.43. The molecule has 2 atom stereocenters. The standard InChI is InChI=1S/C27H21ClFN5O4S/c1-24(2,3)38-20(35)11-34-19-7-5-14(28)9-16(19)26(22(34)36)25(12-30,13-31)21(39)32-27(26)17-10-15(29)6-8-18(17)33(4)23(27)37/h5-10H,11H2,1-4H3,(H,32,39)/t26-,27+/m0/s1. The van der Waals surface area contributed by atoms with E-state index in [1.54, 1.807) is 20.8 Å². The van der Waals surface area contributed by atoms with Gasteiger partial charge in [-0.25, -0.2) is 4.39 Å². The lowest BCUT2D eigenvalue weighted by molar-refractivity contribution is -0.153. The molecule has 1 fully saturated rings. The van der Waals surface area contributed by atoms with Gasteiger partial charge in [0, 0.05) is 29.0 Å². The zero-order valence-corrected chi connectivity index (χ0v) is 22.8. The summed E-state index contributed by atoms with van der Waals surface area (Å²) in [6.45, 7) is 4.39.